The van der Waals surface area contributed by atoms with Gasteiger partial charge in [0.05, 0.1) is 18.4 Å². The van der Waals surface area contributed by atoms with E-state index in [0.717, 1.165) is 31.2 Å². The van der Waals surface area contributed by atoms with Crippen LogP contribution in [0.5, 0.6) is 0 Å². The largest absolute Gasteiger partial charge is 0.462 e. The number of esters is 1. The van der Waals surface area contributed by atoms with Crippen LogP contribution in [0.1, 0.15) is 54.1 Å². The fourth-order valence-corrected chi connectivity index (χ4v) is 3.63. The van der Waals surface area contributed by atoms with Gasteiger partial charge in [-0.15, -0.1) is 0 Å². The van der Waals surface area contributed by atoms with E-state index in [1.54, 1.807) is 18.2 Å². The minimum Gasteiger partial charge on any atom is -0.462 e. The summed E-state index contributed by atoms with van der Waals surface area (Å²) in [5.74, 6) is -1.07. The van der Waals surface area contributed by atoms with E-state index in [9.17, 15) is 14.9 Å². The summed E-state index contributed by atoms with van der Waals surface area (Å²) in [6.07, 6.45) is 4.70. The number of fused-ring (bicyclic) bond motifs is 3. The summed E-state index contributed by atoms with van der Waals surface area (Å²) in [6, 6.07) is 14.5. The first kappa shape index (κ1) is 20.2. The second-order valence-corrected chi connectivity index (χ2v) is 6.84. The smallest absolute Gasteiger partial charge is 0.338 e. The van der Waals surface area contributed by atoms with E-state index in [2.05, 4.69) is 6.92 Å². The number of ether oxygens (including phenoxy) is 1. The highest BCUT2D eigenvalue weighted by molar-refractivity contribution is 6.38. The molecule has 1 aliphatic rings. The first-order valence-corrected chi connectivity index (χ1v) is 9.73. The number of rotatable bonds is 8. The molecule has 146 valence electrons. The monoisotopic (exact) mass is 386 g/mol. The van der Waals surface area contributed by atoms with Crippen molar-refractivity contribution in [2.75, 3.05) is 6.61 Å². The molecule has 0 radical (unpaired) electrons. The minimum atomic E-state index is -0.658. The van der Waals surface area contributed by atoms with E-state index < -0.39 is 11.8 Å². The Morgan fingerprint density at radius 1 is 1.03 bits per heavy atom. The van der Waals surface area contributed by atoms with Gasteiger partial charge in [0.25, 0.3) is 0 Å². The summed E-state index contributed by atoms with van der Waals surface area (Å²) < 4.78 is 5.48. The van der Waals surface area contributed by atoms with Crippen molar-refractivity contribution in [2.24, 2.45) is 0 Å². The summed E-state index contributed by atoms with van der Waals surface area (Å²) in [7, 11) is 0. The zero-order valence-electron chi connectivity index (χ0n) is 16.3. The second kappa shape index (κ2) is 9.11. The lowest BCUT2D eigenvalue weighted by atomic mass is 9.95. The average Bonchev–Trinajstić information content (AvgIpc) is 3.08. The van der Waals surface area contributed by atoms with Crippen molar-refractivity contribution >= 4 is 23.5 Å². The van der Waals surface area contributed by atoms with Gasteiger partial charge in [0.2, 0.25) is 5.78 Å². The molecule has 2 aromatic rings. The molecule has 0 amide bonds. The molecule has 5 nitrogen and oxygen atoms in total. The van der Waals surface area contributed by atoms with Crippen LogP contribution in [0.4, 0.5) is 0 Å². The van der Waals surface area contributed by atoms with Crippen LogP contribution in [0.3, 0.4) is 0 Å². The highest BCUT2D eigenvalue weighted by Crippen LogP contribution is 2.47. The number of nitrogens with one attached hydrogen (secondary N) is 1. The first-order chi connectivity index (χ1) is 14.1. The molecule has 0 spiro atoms. The summed E-state index contributed by atoms with van der Waals surface area (Å²) in [5.41, 5.74) is 3.57. The SMILES string of the molecule is CCCCCCOC(=O)c1cccc2c1-c1ccccc1C2=C(C#N)C(=O)C=N. The van der Waals surface area contributed by atoms with Crippen LogP contribution >= 0.6 is 0 Å². The van der Waals surface area contributed by atoms with Gasteiger partial charge in [-0.05, 0) is 29.2 Å². The number of carbonyl (C=O) groups is 2. The third-order valence-corrected chi connectivity index (χ3v) is 4.99. The Balaban J connectivity index is 2.07. The number of ketones is 1. The van der Waals surface area contributed by atoms with E-state index in [-0.39, 0.29) is 5.57 Å². The third kappa shape index (κ3) is 3.88. The average molecular weight is 386 g/mol. The third-order valence-electron chi connectivity index (χ3n) is 4.99. The second-order valence-electron chi connectivity index (χ2n) is 6.84. The molecule has 0 saturated carbocycles. The zero-order chi connectivity index (χ0) is 20.8. The molecular weight excluding hydrogens is 364 g/mol. The Labute approximate surface area is 170 Å². The lowest BCUT2D eigenvalue weighted by molar-refractivity contribution is -0.109. The van der Waals surface area contributed by atoms with Crippen LogP contribution in [0.15, 0.2) is 48.0 Å². The molecular formula is C24H22N2O3. The number of nitriles is 1. The van der Waals surface area contributed by atoms with E-state index in [4.69, 9.17) is 10.1 Å². The van der Waals surface area contributed by atoms with Gasteiger partial charge < -0.3 is 10.1 Å². The lowest BCUT2D eigenvalue weighted by Crippen LogP contribution is -2.08. The molecule has 5 heteroatoms. The molecule has 0 bridgehead atoms. The van der Waals surface area contributed by atoms with Crippen LogP contribution in [0.25, 0.3) is 16.7 Å². The number of hydrogen-bond acceptors (Lipinski definition) is 5. The highest BCUT2D eigenvalue weighted by atomic mass is 16.5. The minimum absolute atomic E-state index is 0.101. The Morgan fingerprint density at radius 3 is 2.45 bits per heavy atom. The summed E-state index contributed by atoms with van der Waals surface area (Å²) >= 11 is 0. The van der Waals surface area contributed by atoms with Crippen molar-refractivity contribution < 1.29 is 14.3 Å². The molecule has 0 fully saturated rings. The quantitative estimate of drug-likeness (QED) is 0.195. The van der Waals surface area contributed by atoms with E-state index in [1.165, 1.54) is 0 Å². The number of benzene rings is 2. The normalized spacial score (nSPS) is 13.1. The summed E-state index contributed by atoms with van der Waals surface area (Å²) in [4.78, 5) is 25.0. The van der Waals surface area contributed by atoms with E-state index in [1.807, 2.05) is 30.3 Å². The molecule has 0 unspecified atom stereocenters. The van der Waals surface area contributed by atoms with Crippen LogP contribution in [-0.2, 0) is 9.53 Å². The maximum atomic E-state index is 12.8. The molecule has 0 saturated heterocycles. The molecule has 2 aromatic carbocycles. The highest BCUT2D eigenvalue weighted by Gasteiger charge is 2.31. The van der Waals surface area contributed by atoms with Gasteiger partial charge in [-0.3, -0.25) is 4.79 Å². The predicted molar refractivity (Wildman–Crippen MR) is 112 cm³/mol. The van der Waals surface area contributed by atoms with Crippen LogP contribution < -0.4 is 0 Å². The van der Waals surface area contributed by atoms with Gasteiger partial charge >= 0.3 is 5.97 Å². The first-order valence-electron chi connectivity index (χ1n) is 9.73. The Morgan fingerprint density at radius 2 is 1.76 bits per heavy atom. The van der Waals surface area contributed by atoms with E-state index >= 15 is 0 Å². The predicted octanol–water partition coefficient (Wildman–Crippen LogP) is 4.95. The van der Waals surface area contributed by atoms with Crippen molar-refractivity contribution in [3.63, 3.8) is 0 Å². The molecule has 0 aromatic heterocycles. The van der Waals surface area contributed by atoms with Gasteiger partial charge in [0.1, 0.15) is 11.6 Å². The van der Waals surface area contributed by atoms with Crippen molar-refractivity contribution in [3.8, 4) is 17.2 Å². The molecule has 0 aliphatic heterocycles. The van der Waals surface area contributed by atoms with Crippen LogP contribution in [0, 0.1) is 16.7 Å². The number of Topliss-reactive ketones (excluding diaryl/α,β-unsaturated/α-hetero) is 1. The standard InChI is InChI=1S/C24H22N2O3/c1-2-3-4-7-13-29-24(28)19-12-8-11-18-22(19)16-9-5-6-10-17(16)23(18)20(14-25)21(27)15-26/h5-6,8-12,15,26H,2-4,7,13H2,1H3. The van der Waals surface area contributed by atoms with Gasteiger partial charge in [0, 0.05) is 11.1 Å². The van der Waals surface area contributed by atoms with Crippen LogP contribution in [-0.4, -0.2) is 24.6 Å². The van der Waals surface area contributed by atoms with Gasteiger partial charge in [-0.1, -0.05) is 62.6 Å². The summed E-state index contributed by atoms with van der Waals surface area (Å²) in [6.45, 7) is 2.49. The van der Waals surface area contributed by atoms with Gasteiger partial charge in [-0.25, -0.2) is 4.79 Å². The number of hydrogen-bond donors (Lipinski definition) is 1. The molecule has 1 aliphatic carbocycles. The van der Waals surface area contributed by atoms with E-state index in [0.29, 0.717) is 40.6 Å². The summed E-state index contributed by atoms with van der Waals surface area (Å²) in [5, 5.41) is 16.9. The molecule has 3 rings (SSSR count). The number of carbonyl (C=O) groups excluding carboxylic acids is 2. The fraction of sp³-hybridized carbons (Fsp3) is 0.250. The lowest BCUT2D eigenvalue weighted by Gasteiger charge is -2.10. The topological polar surface area (TPSA) is 91.0 Å². The van der Waals surface area contributed by atoms with Crippen molar-refractivity contribution in [1.82, 2.24) is 0 Å². The molecule has 1 N–H and O–H groups in total. The van der Waals surface area contributed by atoms with Crippen molar-refractivity contribution in [2.45, 2.75) is 32.6 Å². The van der Waals surface area contributed by atoms with Gasteiger partial charge in [-0.2, -0.15) is 5.26 Å². The molecule has 0 heterocycles. The van der Waals surface area contributed by atoms with Gasteiger partial charge in [0.15, 0.2) is 0 Å². The van der Waals surface area contributed by atoms with Crippen molar-refractivity contribution in [1.29, 1.82) is 10.7 Å². The molecule has 29 heavy (non-hydrogen) atoms. The van der Waals surface area contributed by atoms with Crippen LogP contribution in [0.2, 0.25) is 0 Å². The zero-order valence-corrected chi connectivity index (χ0v) is 16.3. The Bertz CT molecular complexity index is 1040. The molecule has 0 atom stereocenters. The van der Waals surface area contributed by atoms with Crippen molar-refractivity contribution in [3.05, 3.63) is 64.7 Å². The maximum Gasteiger partial charge on any atom is 0.338 e. The maximum absolute atomic E-state index is 12.8. The fourth-order valence-electron chi connectivity index (χ4n) is 3.63. The number of nitrogens with zero attached hydrogens (tertiary/aromatic N) is 1. The number of allylic oxidation sites excluding steroid dienone is 1. The number of unbranched alkanes of at least 4 members (excludes halogenated alkanes) is 3. The Kier molecular flexibility index (Phi) is 6.36. The Hall–Kier alpha value is -3.52.